The molecule has 0 bridgehead atoms. The van der Waals surface area contributed by atoms with E-state index in [-0.39, 0.29) is 17.0 Å². The summed E-state index contributed by atoms with van der Waals surface area (Å²) in [6.07, 6.45) is 1.01. The number of rotatable bonds is 5. The summed E-state index contributed by atoms with van der Waals surface area (Å²) in [7, 11) is -1.81. The van der Waals surface area contributed by atoms with E-state index in [0.29, 0.717) is 0 Å². The number of hydrogen-bond donors (Lipinski definition) is 0. The van der Waals surface area contributed by atoms with Gasteiger partial charge in [-0.05, 0) is 54.1 Å². The van der Waals surface area contributed by atoms with Gasteiger partial charge < -0.3 is 17.0 Å². The smallest absolute Gasteiger partial charge is 0.116 e. The van der Waals surface area contributed by atoms with Gasteiger partial charge >= 0.3 is 0 Å². The Hall–Kier alpha value is -1.73. The van der Waals surface area contributed by atoms with E-state index in [1.54, 1.807) is 0 Å². The maximum absolute atomic E-state index is 3.57. The van der Waals surface area contributed by atoms with Gasteiger partial charge in [0.25, 0.3) is 0 Å². The Morgan fingerprint density at radius 1 is 0.500 bits per heavy atom. The topological polar surface area (TPSA) is 0 Å². The summed E-state index contributed by atoms with van der Waals surface area (Å²) >= 11 is 3.57. The maximum Gasteiger partial charge on any atom is 0.116 e. The average Bonchev–Trinajstić information content (AvgIpc) is 2.75. The van der Waals surface area contributed by atoms with Crippen LogP contribution in [0.3, 0.4) is 0 Å². The molecule has 0 aromatic heterocycles. The van der Waals surface area contributed by atoms with E-state index in [9.17, 15) is 0 Å². The quantitative estimate of drug-likeness (QED) is 0.361. The highest BCUT2D eigenvalue weighted by Crippen LogP contribution is 2.58. The number of halogens is 2. The van der Waals surface area contributed by atoms with Crippen molar-refractivity contribution in [2.75, 3.05) is 0 Å². The van der Waals surface area contributed by atoms with E-state index in [1.807, 2.05) is 0 Å². The van der Waals surface area contributed by atoms with Crippen molar-refractivity contribution in [3.05, 3.63) is 125 Å². The van der Waals surface area contributed by atoms with Crippen LogP contribution in [0.5, 0.6) is 0 Å². The standard InChI is InChI=1S/C25H21BrP.BrH/c26-22-18-16-21(17-19-22)20-27(23-10-4-1-5-11-23,24-12-6-2-7-13-24)25-14-8-3-9-15-25;/h1-19H,20H2;1H/q+1;/p-1. The summed E-state index contributed by atoms with van der Waals surface area (Å²) in [6, 6.07) is 41.9. The van der Waals surface area contributed by atoms with E-state index in [1.165, 1.54) is 21.5 Å². The van der Waals surface area contributed by atoms with Crippen molar-refractivity contribution < 1.29 is 17.0 Å². The molecule has 0 aliphatic rings. The zero-order valence-electron chi connectivity index (χ0n) is 15.4. The first kappa shape index (κ1) is 21.0. The third-order valence-corrected chi connectivity index (χ3v) is 9.83. The van der Waals surface area contributed by atoms with Gasteiger partial charge in [0.15, 0.2) is 0 Å². The predicted octanol–water partition coefficient (Wildman–Crippen LogP) is 2.95. The van der Waals surface area contributed by atoms with E-state index >= 15 is 0 Å². The summed E-state index contributed by atoms with van der Waals surface area (Å²) in [5, 5.41) is 4.26. The Bertz CT molecular complexity index is 888. The van der Waals surface area contributed by atoms with Gasteiger partial charge in [0.2, 0.25) is 0 Å². The van der Waals surface area contributed by atoms with E-state index < -0.39 is 7.26 Å². The molecule has 0 heterocycles. The molecule has 28 heavy (non-hydrogen) atoms. The van der Waals surface area contributed by atoms with Crippen molar-refractivity contribution in [1.29, 1.82) is 0 Å². The molecule has 0 unspecified atom stereocenters. The van der Waals surface area contributed by atoms with Gasteiger partial charge in [0.05, 0.1) is 6.16 Å². The second kappa shape index (κ2) is 9.65. The maximum atomic E-state index is 3.57. The molecule has 0 spiro atoms. The van der Waals surface area contributed by atoms with Gasteiger partial charge in [-0.3, -0.25) is 0 Å². The van der Waals surface area contributed by atoms with Crippen LogP contribution in [0, 0.1) is 0 Å². The Kier molecular flexibility index (Phi) is 7.24. The number of benzene rings is 4. The lowest BCUT2D eigenvalue weighted by Crippen LogP contribution is -3.00. The molecule has 0 saturated heterocycles. The lowest BCUT2D eigenvalue weighted by molar-refractivity contribution is -0.00000511. The first-order chi connectivity index (χ1) is 13.3. The molecule has 0 aliphatic carbocycles. The first-order valence-electron chi connectivity index (χ1n) is 9.08. The molecule has 0 saturated carbocycles. The van der Waals surface area contributed by atoms with Crippen LogP contribution < -0.4 is 32.9 Å². The van der Waals surface area contributed by atoms with Crippen LogP contribution in [0.1, 0.15) is 5.56 Å². The van der Waals surface area contributed by atoms with Crippen molar-refractivity contribution >= 4 is 39.1 Å². The first-order valence-corrected chi connectivity index (χ1v) is 11.9. The Balaban J connectivity index is 0.00000225. The Labute approximate surface area is 186 Å². The SMILES string of the molecule is Brc1ccc(C[P+](c2ccccc2)(c2ccccc2)c2ccccc2)cc1.[Br-]. The third-order valence-electron chi connectivity index (χ3n) is 4.92. The van der Waals surface area contributed by atoms with Crippen LogP contribution in [0.15, 0.2) is 120 Å². The van der Waals surface area contributed by atoms with Crippen LogP contribution in [-0.4, -0.2) is 0 Å². The summed E-state index contributed by atoms with van der Waals surface area (Å²) in [5.41, 5.74) is 1.36. The monoisotopic (exact) mass is 510 g/mol. The lowest BCUT2D eigenvalue weighted by Gasteiger charge is -2.27. The molecular weight excluding hydrogens is 491 g/mol. The predicted molar refractivity (Wildman–Crippen MR) is 123 cm³/mol. The molecule has 4 rings (SSSR count). The molecule has 4 aromatic carbocycles. The van der Waals surface area contributed by atoms with Crippen molar-refractivity contribution in [1.82, 2.24) is 0 Å². The van der Waals surface area contributed by atoms with Crippen molar-refractivity contribution in [2.24, 2.45) is 0 Å². The highest BCUT2D eigenvalue weighted by molar-refractivity contribution is 9.10. The molecule has 0 N–H and O–H groups in total. The van der Waals surface area contributed by atoms with Gasteiger partial charge in [0.1, 0.15) is 23.2 Å². The highest BCUT2D eigenvalue weighted by Gasteiger charge is 2.45. The minimum Gasteiger partial charge on any atom is -1.00 e. The van der Waals surface area contributed by atoms with Gasteiger partial charge in [-0.1, -0.05) is 82.7 Å². The Morgan fingerprint density at radius 3 is 1.21 bits per heavy atom. The van der Waals surface area contributed by atoms with Crippen LogP contribution in [0.4, 0.5) is 0 Å². The minimum atomic E-state index is -1.81. The van der Waals surface area contributed by atoms with E-state index in [4.69, 9.17) is 0 Å². The fourth-order valence-corrected chi connectivity index (χ4v) is 8.14. The summed E-state index contributed by atoms with van der Waals surface area (Å²) in [4.78, 5) is 0. The molecule has 0 amide bonds. The molecule has 0 radical (unpaired) electrons. The summed E-state index contributed by atoms with van der Waals surface area (Å²) in [6.45, 7) is 0. The molecule has 4 aromatic rings. The van der Waals surface area contributed by atoms with Gasteiger partial charge in [0, 0.05) is 4.47 Å². The third kappa shape index (κ3) is 4.30. The largest absolute Gasteiger partial charge is 1.00 e. The van der Waals surface area contributed by atoms with Gasteiger partial charge in [-0.2, -0.15) is 0 Å². The fraction of sp³-hybridized carbons (Fsp3) is 0.0400. The molecular formula is C25H21Br2P. The van der Waals surface area contributed by atoms with Crippen LogP contribution in [-0.2, 0) is 6.16 Å². The second-order valence-electron chi connectivity index (χ2n) is 6.60. The molecule has 0 aliphatic heterocycles. The molecule has 0 nitrogen and oxygen atoms in total. The van der Waals surface area contributed by atoms with Gasteiger partial charge in [-0.25, -0.2) is 0 Å². The summed E-state index contributed by atoms with van der Waals surface area (Å²) in [5.74, 6) is 0. The van der Waals surface area contributed by atoms with Crippen molar-refractivity contribution in [3.8, 4) is 0 Å². The van der Waals surface area contributed by atoms with E-state index in [2.05, 4.69) is 131 Å². The zero-order valence-corrected chi connectivity index (χ0v) is 19.4. The highest BCUT2D eigenvalue weighted by atomic mass is 79.9. The lowest BCUT2D eigenvalue weighted by atomic mass is 10.2. The van der Waals surface area contributed by atoms with E-state index in [0.717, 1.165) is 10.6 Å². The summed E-state index contributed by atoms with van der Waals surface area (Å²) < 4.78 is 1.12. The molecule has 140 valence electrons. The number of hydrogen-bond acceptors (Lipinski definition) is 0. The van der Waals surface area contributed by atoms with Crippen molar-refractivity contribution in [2.45, 2.75) is 6.16 Å². The van der Waals surface area contributed by atoms with Crippen molar-refractivity contribution in [3.63, 3.8) is 0 Å². The minimum absolute atomic E-state index is 0. The fourth-order valence-electron chi connectivity index (χ4n) is 3.63. The second-order valence-corrected chi connectivity index (χ2v) is 11.0. The molecule has 0 atom stereocenters. The van der Waals surface area contributed by atoms with Crippen LogP contribution >= 0.6 is 23.2 Å². The van der Waals surface area contributed by atoms with Gasteiger partial charge in [-0.15, -0.1) is 0 Å². The Morgan fingerprint density at radius 2 is 0.857 bits per heavy atom. The normalized spacial score (nSPS) is 10.9. The average molecular weight is 512 g/mol. The van der Waals surface area contributed by atoms with Crippen LogP contribution in [0.2, 0.25) is 0 Å². The van der Waals surface area contributed by atoms with Crippen LogP contribution in [0.25, 0.3) is 0 Å². The zero-order chi connectivity index (χ0) is 18.5. The molecule has 0 fully saturated rings. The molecule has 3 heteroatoms.